The lowest BCUT2D eigenvalue weighted by molar-refractivity contribution is -0.0265. The zero-order valence-corrected chi connectivity index (χ0v) is 30.3. The van der Waals surface area contributed by atoms with E-state index in [-0.39, 0.29) is 92.7 Å². The van der Waals surface area contributed by atoms with Crippen LogP contribution < -0.4 is 5.82 Å². The van der Waals surface area contributed by atoms with Gasteiger partial charge in [-0.2, -0.15) is 5.21 Å². The van der Waals surface area contributed by atoms with Crippen molar-refractivity contribution in [2.75, 3.05) is 7.11 Å². The molecule has 0 bridgehead atoms. The van der Waals surface area contributed by atoms with Crippen molar-refractivity contribution in [2.24, 2.45) is 5.92 Å². The fraction of sp³-hybridized carbons (Fsp3) is 0.474. The van der Waals surface area contributed by atoms with Crippen LogP contribution in [-0.2, 0) is 34.5 Å². The van der Waals surface area contributed by atoms with E-state index < -0.39 is 30.0 Å². The molecule has 1 atom stereocenters. The van der Waals surface area contributed by atoms with Gasteiger partial charge < -0.3 is 22.9 Å². The first kappa shape index (κ1) is 28.9. The molecule has 0 radical (unpaired) electrons. The molecule has 0 fully saturated rings. The van der Waals surface area contributed by atoms with Gasteiger partial charge in [0.05, 0.1) is 14.2 Å². The third-order valence-corrected chi connectivity index (χ3v) is 9.03. The smallest absolute Gasteiger partial charge is 0.453 e. The van der Waals surface area contributed by atoms with E-state index in [1.54, 1.807) is 34.6 Å². The Hall–Kier alpha value is -4.84. The summed E-state index contributed by atoms with van der Waals surface area (Å²) in [6.07, 6.45) is 1.48. The molecule has 3 heterocycles. The predicted octanol–water partition coefficient (Wildman–Crippen LogP) is 7.59. The highest BCUT2D eigenvalue weighted by Crippen LogP contribution is 2.40. The summed E-state index contributed by atoms with van der Waals surface area (Å²) in [4.78, 5) is 31.5. The highest BCUT2D eigenvalue weighted by Gasteiger charge is 2.40. The fourth-order valence-electron chi connectivity index (χ4n) is 6.56. The van der Waals surface area contributed by atoms with Crippen LogP contribution in [0.3, 0.4) is 0 Å². The number of hydrogen-bond donors (Lipinski definition) is 1. The molecular formula is C38H48N6O6. The number of rotatable bonds is 14. The van der Waals surface area contributed by atoms with Crippen molar-refractivity contribution >= 4 is 5.97 Å². The molecule has 0 spiro atoms. The number of hydrogen-bond acceptors (Lipinski definition) is 10. The molecule has 0 saturated carbocycles. The topological polar surface area (TPSA) is 151 Å². The van der Waals surface area contributed by atoms with E-state index in [4.69, 9.17) is 27.4 Å². The van der Waals surface area contributed by atoms with Crippen LogP contribution in [-0.4, -0.2) is 43.3 Å². The lowest BCUT2D eigenvalue weighted by Crippen LogP contribution is -2.31. The van der Waals surface area contributed by atoms with Gasteiger partial charge in [-0.15, -0.1) is 10.2 Å². The maximum atomic E-state index is 14.5. The monoisotopic (exact) mass is 690 g/mol. The Morgan fingerprint density at radius 2 is 1.74 bits per heavy atom. The molecule has 266 valence electrons. The molecule has 0 amide bonds. The molecule has 5 rings (SSSR count). The van der Waals surface area contributed by atoms with Gasteiger partial charge in [0.25, 0.3) is 0 Å². The number of nitrogens with zero attached hydrogens (tertiary/aromatic N) is 5. The van der Waals surface area contributed by atoms with Gasteiger partial charge in [-0.3, -0.25) is 0 Å². The lowest BCUT2D eigenvalue weighted by Gasteiger charge is -2.30. The van der Waals surface area contributed by atoms with Gasteiger partial charge in [-0.1, -0.05) is 64.8 Å². The molecule has 0 aliphatic rings. The van der Waals surface area contributed by atoms with Gasteiger partial charge in [0.2, 0.25) is 5.82 Å². The molecular weight excluding hydrogens is 636 g/mol. The number of ether oxygens (including phenoxy) is 2. The Morgan fingerprint density at radius 1 is 1.06 bits per heavy atom. The maximum Gasteiger partial charge on any atom is 0.519 e. The highest BCUT2D eigenvalue weighted by atomic mass is 16.6. The number of benzene rings is 2. The fourth-order valence-corrected chi connectivity index (χ4v) is 6.56. The largest absolute Gasteiger partial charge is 0.519 e. The molecule has 12 heteroatoms. The zero-order valence-electron chi connectivity index (χ0n) is 36.3. The summed E-state index contributed by atoms with van der Waals surface area (Å²) in [7, 11) is 1.53. The van der Waals surface area contributed by atoms with Crippen molar-refractivity contribution in [1.82, 2.24) is 30.2 Å². The van der Waals surface area contributed by atoms with Gasteiger partial charge in [0.1, 0.15) is 17.1 Å². The molecule has 2 aromatic carbocycles. The van der Waals surface area contributed by atoms with Gasteiger partial charge in [0, 0.05) is 25.5 Å². The van der Waals surface area contributed by atoms with Crippen LogP contribution in [0.4, 0.5) is 0 Å². The lowest BCUT2D eigenvalue weighted by atomic mass is 9.88. The number of carbonyl (C=O) groups is 1. The molecule has 12 nitrogen and oxygen atoms in total. The number of aryl methyl sites for hydroxylation is 1. The van der Waals surface area contributed by atoms with Crippen LogP contribution in [0.1, 0.15) is 124 Å². The maximum absolute atomic E-state index is 14.5. The van der Waals surface area contributed by atoms with Crippen molar-refractivity contribution < 1.29 is 31.3 Å². The van der Waals surface area contributed by atoms with Crippen LogP contribution in [0.5, 0.6) is 0 Å². The molecule has 3 aromatic heterocycles. The molecule has 1 unspecified atom stereocenters. The summed E-state index contributed by atoms with van der Waals surface area (Å²) >= 11 is 0. The van der Waals surface area contributed by atoms with E-state index >= 15 is 0 Å². The number of H-pyrrole nitrogens is 1. The van der Waals surface area contributed by atoms with Crippen LogP contribution in [0.2, 0.25) is 0 Å². The van der Waals surface area contributed by atoms with Crippen molar-refractivity contribution in [2.45, 2.75) is 106 Å². The molecule has 50 heavy (non-hydrogen) atoms. The third kappa shape index (κ3) is 6.81. The van der Waals surface area contributed by atoms with Crippen molar-refractivity contribution in [3.05, 3.63) is 91.8 Å². The van der Waals surface area contributed by atoms with E-state index in [0.717, 1.165) is 0 Å². The first-order valence-electron chi connectivity index (χ1n) is 19.7. The summed E-state index contributed by atoms with van der Waals surface area (Å²) in [5.41, 5.74) is 0.477. The summed E-state index contributed by atoms with van der Waals surface area (Å²) in [5.74, 6) is -1.13. The molecule has 0 aliphatic heterocycles. The molecule has 0 saturated heterocycles. The normalized spacial score (nSPS) is 14.9. The summed E-state index contributed by atoms with van der Waals surface area (Å²) < 4.78 is 78.9. The Morgan fingerprint density at radius 3 is 2.32 bits per heavy atom. The Kier molecular flexibility index (Phi) is 8.66. The Bertz CT molecular complexity index is 2310. The number of nitrogens with one attached hydrogen (secondary N) is 1. The minimum Gasteiger partial charge on any atom is -0.453 e. The van der Waals surface area contributed by atoms with E-state index in [0.29, 0.717) is 42.6 Å². The van der Waals surface area contributed by atoms with Gasteiger partial charge in [-0.05, 0) is 85.0 Å². The molecule has 1 N–H and O–H groups in total. The van der Waals surface area contributed by atoms with Crippen LogP contribution in [0.25, 0.3) is 22.5 Å². The number of esters is 1. The van der Waals surface area contributed by atoms with Gasteiger partial charge in [0.15, 0.2) is 23.8 Å². The number of methoxy groups -OCH3 is 1. The second-order valence-electron chi connectivity index (χ2n) is 12.6. The quantitative estimate of drug-likeness (QED) is 0.115. The third-order valence-electron chi connectivity index (χ3n) is 9.03. The second-order valence-corrected chi connectivity index (χ2v) is 12.6. The number of aromatic nitrogens is 6. The minimum absolute atomic E-state index is 0.0175. The second kappa shape index (κ2) is 15.0. The summed E-state index contributed by atoms with van der Waals surface area (Å²) in [5, 5.41) is 14.0. The van der Waals surface area contributed by atoms with Gasteiger partial charge >= 0.3 is 11.8 Å². The van der Waals surface area contributed by atoms with Crippen molar-refractivity contribution in [3.8, 4) is 22.5 Å². The van der Waals surface area contributed by atoms with Crippen LogP contribution in [0, 0.1) is 26.7 Å². The van der Waals surface area contributed by atoms with E-state index in [1.807, 2.05) is 27.7 Å². The van der Waals surface area contributed by atoms with Crippen LogP contribution >= 0.6 is 0 Å². The number of carbonyl (C=O) groups excluding carboxylic acids is 1. The van der Waals surface area contributed by atoms with E-state index in [9.17, 15) is 13.7 Å². The zero-order chi connectivity index (χ0) is 41.6. The van der Waals surface area contributed by atoms with Crippen molar-refractivity contribution in [3.63, 3.8) is 0 Å². The standard InChI is InChI=1S/C38H48N6O6/c1-11-28-29(50-37(46)49-28)20-48-36(45)33-34(38(12-2,13-3)47-10)39-30(17-21(4)5)44(33)25(9)31-23(7)18-26(19-24(31)8)32-22(6)15-14-16-27(32)35-40-42-43-41-35/h14-16,18-19,21,25H,11-13,17,20H2,1-10H3,(H,40,41,42,43)/i14D,15D,16D,18D,19D,25D. The average Bonchev–Trinajstić information content (AvgIpc) is 3.91. The first-order chi connectivity index (χ1) is 26.3. The predicted molar refractivity (Wildman–Crippen MR) is 189 cm³/mol. The SMILES string of the molecule is [2H]c1c([2H])c(C)c(-c2c([2H])c(C)c(C([2H])(C)n3c(CC(C)C)nc(C(CC)(CC)OC)c3C(=O)OCc3oc(=O)oc3CC)c(C)c2[2H])c(-c2nn[nH]n2)c1[2H]. The van der Waals surface area contributed by atoms with E-state index in [1.165, 1.54) is 11.7 Å². The van der Waals surface area contributed by atoms with Crippen LogP contribution in [0.15, 0.2) is 43.8 Å². The number of imidazole rings is 1. The average molecular weight is 691 g/mol. The van der Waals surface area contributed by atoms with E-state index in [2.05, 4.69) is 20.6 Å². The minimum atomic E-state index is -1.91. The number of tetrazole rings is 1. The first-order valence-corrected chi connectivity index (χ1v) is 16.7. The highest BCUT2D eigenvalue weighted by molar-refractivity contribution is 5.90. The Balaban J connectivity index is 1.84. The summed E-state index contributed by atoms with van der Waals surface area (Å²) in [6.45, 7) is 15.6. The molecule has 5 aromatic rings. The summed E-state index contributed by atoms with van der Waals surface area (Å²) in [6, 6.07) is -3.21. The van der Waals surface area contributed by atoms with Crippen molar-refractivity contribution in [1.29, 1.82) is 0 Å². The Labute approximate surface area is 301 Å². The van der Waals surface area contributed by atoms with Gasteiger partial charge in [-0.25, -0.2) is 14.6 Å². The number of aromatic amines is 1. The molecule has 0 aliphatic carbocycles.